The first kappa shape index (κ1) is 25.0. The van der Waals surface area contributed by atoms with Crippen LogP contribution in [0.15, 0.2) is 54.6 Å². The van der Waals surface area contributed by atoms with E-state index in [1.54, 1.807) is 54.6 Å². The topological polar surface area (TPSA) is 105 Å². The Morgan fingerprint density at radius 3 is 2.24 bits per heavy atom. The summed E-state index contributed by atoms with van der Waals surface area (Å²) in [7, 11) is 0. The molecule has 2 aromatic rings. The van der Waals surface area contributed by atoms with Crippen LogP contribution in [0.4, 0.5) is 4.79 Å². The molecule has 0 radical (unpaired) electrons. The quantitative estimate of drug-likeness (QED) is 0.357. The summed E-state index contributed by atoms with van der Waals surface area (Å²) in [5, 5.41) is 13.8. The number of hydrogen-bond donors (Lipinski definition) is 1. The Kier molecular flexibility index (Phi) is 10.8. The van der Waals surface area contributed by atoms with Crippen molar-refractivity contribution in [1.82, 2.24) is 5.32 Å². The van der Waals surface area contributed by atoms with Gasteiger partial charge in [0.2, 0.25) is 6.29 Å². The van der Waals surface area contributed by atoms with Gasteiger partial charge >= 0.3 is 41.6 Å². The maximum absolute atomic E-state index is 12.2. The van der Waals surface area contributed by atoms with Crippen LogP contribution >= 0.6 is 11.6 Å². The van der Waals surface area contributed by atoms with E-state index in [-0.39, 0.29) is 42.4 Å². The maximum Gasteiger partial charge on any atom is 1.00 e. The third-order valence-electron chi connectivity index (χ3n) is 3.76. The van der Waals surface area contributed by atoms with E-state index in [0.29, 0.717) is 16.1 Å². The summed E-state index contributed by atoms with van der Waals surface area (Å²) in [6.07, 6.45) is -2.16. The second-order valence-corrected chi connectivity index (χ2v) is 6.34. The third-order valence-corrected chi connectivity index (χ3v) is 4.01. The van der Waals surface area contributed by atoms with Gasteiger partial charge in [0.1, 0.15) is 0 Å². The fourth-order valence-corrected chi connectivity index (χ4v) is 2.55. The number of aliphatic carboxylic acids is 1. The fraction of sp³-hybridized carbons (Fsp3) is 0.250. The summed E-state index contributed by atoms with van der Waals surface area (Å²) in [5.74, 6) is -1.87. The average Bonchev–Trinajstić information content (AvgIpc) is 2.66. The molecule has 148 valence electrons. The van der Waals surface area contributed by atoms with Crippen molar-refractivity contribution in [1.29, 1.82) is 0 Å². The standard InChI is InChI=1S/C20H20ClNO6.Na/c1-13(27-19(25)15-5-3-2-4-6-15)28-20(26)22-17(11-12-18(23)24)14-7-9-16(21)10-8-14;/h2-10,13,17H,11-12H2,1H3,(H,22,26)(H,23,24);/q;+1/p-1. The van der Waals surface area contributed by atoms with Crippen LogP contribution < -0.4 is 40.0 Å². The number of hydrogen-bond acceptors (Lipinski definition) is 6. The van der Waals surface area contributed by atoms with Gasteiger partial charge in [-0.25, -0.2) is 9.59 Å². The maximum atomic E-state index is 12.2. The van der Waals surface area contributed by atoms with Crippen molar-refractivity contribution in [2.45, 2.75) is 32.1 Å². The molecule has 29 heavy (non-hydrogen) atoms. The third kappa shape index (κ3) is 8.87. The van der Waals surface area contributed by atoms with Gasteiger partial charge in [-0.2, -0.15) is 0 Å². The molecule has 0 aliphatic heterocycles. The van der Waals surface area contributed by atoms with Crippen LogP contribution in [0.5, 0.6) is 0 Å². The zero-order chi connectivity index (χ0) is 20.5. The van der Waals surface area contributed by atoms with Crippen molar-refractivity contribution < 1.29 is 58.5 Å². The number of rotatable bonds is 8. The fourth-order valence-electron chi connectivity index (χ4n) is 2.42. The molecular weight excluding hydrogens is 409 g/mol. The van der Waals surface area contributed by atoms with Crippen molar-refractivity contribution in [2.75, 3.05) is 0 Å². The Bertz CT molecular complexity index is 815. The molecule has 0 aliphatic rings. The minimum absolute atomic E-state index is 0. The molecule has 0 bridgehead atoms. The smallest absolute Gasteiger partial charge is 0.550 e. The number of esters is 1. The van der Waals surface area contributed by atoms with Crippen LogP contribution in [-0.2, 0) is 14.3 Å². The molecule has 0 fully saturated rings. The zero-order valence-corrected chi connectivity index (χ0v) is 18.8. The molecule has 2 atom stereocenters. The number of ether oxygens (including phenoxy) is 2. The Labute approximate surface area is 195 Å². The molecule has 9 heteroatoms. The van der Waals surface area contributed by atoms with E-state index in [0.717, 1.165) is 0 Å². The van der Waals surface area contributed by atoms with Gasteiger partial charge in [0.15, 0.2) is 0 Å². The van der Waals surface area contributed by atoms with Crippen molar-refractivity contribution in [2.24, 2.45) is 0 Å². The molecule has 0 saturated heterocycles. The Balaban J connectivity index is 0.00000420. The number of halogens is 1. The number of carboxylic acid groups (broad SMARTS) is 1. The molecule has 1 N–H and O–H groups in total. The Morgan fingerprint density at radius 1 is 1.03 bits per heavy atom. The Morgan fingerprint density at radius 2 is 1.66 bits per heavy atom. The molecule has 2 rings (SSSR count). The minimum atomic E-state index is -1.24. The largest absolute Gasteiger partial charge is 1.00 e. The van der Waals surface area contributed by atoms with Crippen molar-refractivity contribution >= 4 is 29.6 Å². The minimum Gasteiger partial charge on any atom is -0.550 e. The zero-order valence-electron chi connectivity index (χ0n) is 16.1. The SMILES string of the molecule is CC(OC(=O)NC(CCC(=O)[O-])c1ccc(Cl)cc1)OC(=O)c1ccccc1.[Na+]. The van der Waals surface area contributed by atoms with Gasteiger partial charge < -0.3 is 24.7 Å². The summed E-state index contributed by atoms with van der Waals surface area (Å²) >= 11 is 5.85. The van der Waals surface area contributed by atoms with Crippen LogP contribution in [-0.4, -0.2) is 24.3 Å². The molecule has 0 saturated carbocycles. The number of nitrogens with one attached hydrogen (secondary N) is 1. The second kappa shape index (κ2) is 12.5. The summed E-state index contributed by atoms with van der Waals surface area (Å²) in [4.78, 5) is 34.9. The average molecular weight is 428 g/mol. The van der Waals surface area contributed by atoms with Gasteiger partial charge in [-0.15, -0.1) is 0 Å². The Hall–Kier alpha value is -2.06. The molecule has 0 spiro atoms. The number of benzene rings is 2. The molecule has 0 heterocycles. The monoisotopic (exact) mass is 427 g/mol. The second-order valence-electron chi connectivity index (χ2n) is 5.90. The van der Waals surface area contributed by atoms with E-state index >= 15 is 0 Å². The summed E-state index contributed by atoms with van der Waals surface area (Å²) in [6, 6.07) is 14.2. The van der Waals surface area contributed by atoms with Gasteiger partial charge in [-0.3, -0.25) is 0 Å². The summed E-state index contributed by atoms with van der Waals surface area (Å²) in [6.45, 7) is 1.40. The molecule has 2 unspecified atom stereocenters. The van der Waals surface area contributed by atoms with Crippen LogP contribution in [0.2, 0.25) is 5.02 Å². The van der Waals surface area contributed by atoms with Crippen LogP contribution in [0.3, 0.4) is 0 Å². The van der Waals surface area contributed by atoms with Crippen molar-refractivity contribution in [3.05, 3.63) is 70.7 Å². The van der Waals surface area contributed by atoms with E-state index in [1.165, 1.54) is 6.92 Å². The molecule has 1 amide bonds. The van der Waals surface area contributed by atoms with E-state index in [9.17, 15) is 19.5 Å². The van der Waals surface area contributed by atoms with Gasteiger partial charge in [-0.05, 0) is 42.7 Å². The molecule has 0 aromatic heterocycles. The van der Waals surface area contributed by atoms with Crippen LogP contribution in [0.1, 0.15) is 41.7 Å². The molecular formula is C20H19ClNNaO6. The van der Waals surface area contributed by atoms with Gasteiger partial charge in [0, 0.05) is 17.9 Å². The first-order valence-corrected chi connectivity index (χ1v) is 8.91. The summed E-state index contributed by atoms with van der Waals surface area (Å²) < 4.78 is 10.1. The molecule has 7 nitrogen and oxygen atoms in total. The predicted octanol–water partition coefficient (Wildman–Crippen LogP) is -0.156. The molecule has 0 aliphatic carbocycles. The first-order chi connectivity index (χ1) is 13.3. The van der Waals surface area contributed by atoms with Gasteiger partial charge in [0.25, 0.3) is 0 Å². The number of alkyl carbamates (subject to hydrolysis) is 1. The van der Waals surface area contributed by atoms with Gasteiger partial charge in [0.05, 0.1) is 11.6 Å². The predicted molar refractivity (Wildman–Crippen MR) is 99.4 cm³/mol. The van der Waals surface area contributed by atoms with Crippen molar-refractivity contribution in [3.8, 4) is 0 Å². The van der Waals surface area contributed by atoms with E-state index in [4.69, 9.17) is 21.1 Å². The normalized spacial score (nSPS) is 12.1. The van der Waals surface area contributed by atoms with Crippen LogP contribution in [0.25, 0.3) is 0 Å². The van der Waals surface area contributed by atoms with Gasteiger partial charge in [-0.1, -0.05) is 41.9 Å². The first-order valence-electron chi connectivity index (χ1n) is 8.53. The number of carboxylic acids is 1. The number of amides is 1. The van der Waals surface area contributed by atoms with E-state index < -0.39 is 30.4 Å². The summed E-state index contributed by atoms with van der Waals surface area (Å²) in [5.41, 5.74) is 0.975. The number of carbonyl (C=O) groups excluding carboxylic acids is 3. The molecule has 2 aromatic carbocycles. The van der Waals surface area contributed by atoms with Crippen LogP contribution in [0, 0.1) is 0 Å². The van der Waals surface area contributed by atoms with Crippen molar-refractivity contribution in [3.63, 3.8) is 0 Å². The van der Waals surface area contributed by atoms with E-state index in [2.05, 4.69) is 5.32 Å². The van der Waals surface area contributed by atoms with E-state index in [1.807, 2.05) is 0 Å². The number of carbonyl (C=O) groups is 3.